The number of imide groups is 1. The van der Waals surface area contributed by atoms with Crippen LogP contribution in [-0.2, 0) is 15.1 Å². The quantitative estimate of drug-likeness (QED) is 0.664. The highest BCUT2D eigenvalue weighted by molar-refractivity contribution is 6.09. The van der Waals surface area contributed by atoms with Crippen LogP contribution in [0.25, 0.3) is 0 Å². The van der Waals surface area contributed by atoms with Crippen LogP contribution in [0.4, 0.5) is 9.18 Å². The molecule has 1 aliphatic carbocycles. The number of urea groups is 1. The first kappa shape index (κ1) is 22.2. The monoisotopic (exact) mass is 417 g/mol. The van der Waals surface area contributed by atoms with Gasteiger partial charge < -0.3 is 10.6 Å². The SMILES string of the molecule is CCCCC1(c2ccc(F)cc2)NC(=O)N(CC(=O)NC2CCCC(C)C2C)C1=O. The summed E-state index contributed by atoms with van der Waals surface area (Å²) in [6, 6.07) is 5.09. The summed E-state index contributed by atoms with van der Waals surface area (Å²) in [5.41, 5.74) is -0.721. The van der Waals surface area contributed by atoms with Crippen molar-refractivity contribution in [1.29, 1.82) is 0 Å². The van der Waals surface area contributed by atoms with Crippen LogP contribution >= 0.6 is 0 Å². The maximum Gasteiger partial charge on any atom is 0.325 e. The molecule has 1 heterocycles. The van der Waals surface area contributed by atoms with Gasteiger partial charge in [0.25, 0.3) is 5.91 Å². The van der Waals surface area contributed by atoms with Crippen molar-refractivity contribution in [2.45, 2.75) is 70.9 Å². The Morgan fingerprint density at radius 3 is 2.60 bits per heavy atom. The highest BCUT2D eigenvalue weighted by atomic mass is 19.1. The minimum Gasteiger partial charge on any atom is -0.352 e. The van der Waals surface area contributed by atoms with E-state index in [4.69, 9.17) is 0 Å². The Bertz CT molecular complexity index is 797. The van der Waals surface area contributed by atoms with E-state index in [1.807, 2.05) is 6.92 Å². The van der Waals surface area contributed by atoms with E-state index in [0.29, 0.717) is 30.2 Å². The summed E-state index contributed by atoms with van der Waals surface area (Å²) in [6.45, 7) is 6.01. The molecule has 0 spiro atoms. The zero-order valence-corrected chi connectivity index (χ0v) is 18.0. The predicted molar refractivity (Wildman–Crippen MR) is 112 cm³/mol. The number of benzene rings is 1. The lowest BCUT2D eigenvalue weighted by molar-refractivity contribution is -0.135. The highest BCUT2D eigenvalue weighted by Crippen LogP contribution is 2.34. The molecule has 1 aromatic rings. The van der Waals surface area contributed by atoms with Crippen molar-refractivity contribution in [3.63, 3.8) is 0 Å². The lowest BCUT2D eigenvalue weighted by Gasteiger charge is -2.34. The van der Waals surface area contributed by atoms with E-state index >= 15 is 0 Å². The van der Waals surface area contributed by atoms with Crippen LogP contribution in [0, 0.1) is 17.7 Å². The molecule has 164 valence electrons. The molecule has 0 bridgehead atoms. The van der Waals surface area contributed by atoms with Gasteiger partial charge in [0.15, 0.2) is 0 Å². The number of rotatable bonds is 7. The predicted octanol–water partition coefficient (Wildman–Crippen LogP) is 3.70. The third kappa shape index (κ3) is 4.35. The van der Waals surface area contributed by atoms with Crippen LogP contribution in [-0.4, -0.2) is 35.3 Å². The molecule has 2 fully saturated rings. The molecule has 30 heavy (non-hydrogen) atoms. The van der Waals surface area contributed by atoms with Gasteiger partial charge in [0, 0.05) is 6.04 Å². The zero-order chi connectivity index (χ0) is 21.9. The molecule has 4 unspecified atom stereocenters. The van der Waals surface area contributed by atoms with Crippen LogP contribution in [0.15, 0.2) is 24.3 Å². The fourth-order valence-corrected chi connectivity index (χ4v) is 4.64. The average molecular weight is 418 g/mol. The first-order valence-electron chi connectivity index (χ1n) is 11.0. The minimum atomic E-state index is -1.26. The maximum atomic E-state index is 13.4. The maximum absolute atomic E-state index is 13.4. The summed E-state index contributed by atoms with van der Waals surface area (Å²) in [5, 5.41) is 5.82. The standard InChI is InChI=1S/C23H32FN3O3/c1-4-5-13-23(17-9-11-18(24)12-10-17)21(29)27(22(30)26-23)14-20(28)25-19-8-6-7-15(2)16(19)3/h9-12,15-16,19H,4-8,13-14H2,1-3H3,(H,25,28)(H,26,30). The summed E-state index contributed by atoms with van der Waals surface area (Å²) in [5.74, 6) is -0.301. The lowest BCUT2D eigenvalue weighted by atomic mass is 9.78. The Balaban J connectivity index is 1.76. The third-order valence-electron chi connectivity index (χ3n) is 6.77. The van der Waals surface area contributed by atoms with E-state index in [1.54, 1.807) is 0 Å². The topological polar surface area (TPSA) is 78.5 Å². The summed E-state index contributed by atoms with van der Waals surface area (Å²) >= 11 is 0. The molecule has 0 aromatic heterocycles. The van der Waals surface area contributed by atoms with Crippen LogP contribution in [0.3, 0.4) is 0 Å². The Morgan fingerprint density at radius 2 is 1.93 bits per heavy atom. The molecule has 4 atom stereocenters. The average Bonchev–Trinajstić information content (AvgIpc) is 2.95. The Morgan fingerprint density at radius 1 is 1.23 bits per heavy atom. The van der Waals surface area contributed by atoms with Gasteiger partial charge >= 0.3 is 6.03 Å². The van der Waals surface area contributed by atoms with Gasteiger partial charge in [-0.05, 0) is 42.4 Å². The van der Waals surface area contributed by atoms with Crippen molar-refractivity contribution >= 4 is 17.8 Å². The first-order chi connectivity index (χ1) is 14.3. The second-order valence-corrected chi connectivity index (χ2v) is 8.78. The molecule has 7 heteroatoms. The summed E-state index contributed by atoms with van der Waals surface area (Å²) in [6.07, 6.45) is 5.07. The number of unbranched alkanes of at least 4 members (excludes halogenated alkanes) is 1. The molecule has 2 aliphatic rings. The molecule has 0 radical (unpaired) electrons. The Labute approximate surface area is 177 Å². The smallest absolute Gasteiger partial charge is 0.325 e. The van der Waals surface area contributed by atoms with Gasteiger partial charge in [0.2, 0.25) is 5.91 Å². The minimum absolute atomic E-state index is 0.0592. The van der Waals surface area contributed by atoms with E-state index in [0.717, 1.165) is 30.6 Å². The Hall–Kier alpha value is -2.44. The molecule has 6 nitrogen and oxygen atoms in total. The molecule has 1 aliphatic heterocycles. The number of hydrogen-bond donors (Lipinski definition) is 2. The van der Waals surface area contributed by atoms with E-state index < -0.39 is 23.3 Å². The van der Waals surface area contributed by atoms with Crippen molar-refractivity contribution < 1.29 is 18.8 Å². The van der Waals surface area contributed by atoms with Gasteiger partial charge in [0.05, 0.1) is 0 Å². The molecule has 1 saturated carbocycles. The van der Waals surface area contributed by atoms with Gasteiger partial charge in [-0.1, -0.05) is 58.6 Å². The number of carbonyl (C=O) groups is 3. The van der Waals surface area contributed by atoms with E-state index in [-0.39, 0.29) is 18.5 Å². The number of amides is 4. The van der Waals surface area contributed by atoms with Crippen molar-refractivity contribution in [1.82, 2.24) is 15.5 Å². The molecule has 3 rings (SSSR count). The normalized spacial score (nSPS) is 29.1. The van der Waals surface area contributed by atoms with Crippen molar-refractivity contribution in [3.8, 4) is 0 Å². The van der Waals surface area contributed by atoms with Gasteiger partial charge in [-0.25, -0.2) is 9.18 Å². The first-order valence-corrected chi connectivity index (χ1v) is 11.0. The van der Waals surface area contributed by atoms with Gasteiger partial charge in [-0.2, -0.15) is 0 Å². The fourth-order valence-electron chi connectivity index (χ4n) is 4.64. The summed E-state index contributed by atoms with van der Waals surface area (Å²) < 4.78 is 13.4. The Kier molecular flexibility index (Phi) is 6.78. The van der Waals surface area contributed by atoms with Gasteiger partial charge in [-0.3, -0.25) is 14.5 Å². The van der Waals surface area contributed by atoms with Gasteiger partial charge in [0.1, 0.15) is 17.9 Å². The molecule has 4 amide bonds. The van der Waals surface area contributed by atoms with Crippen molar-refractivity contribution in [2.24, 2.45) is 11.8 Å². The second kappa shape index (κ2) is 9.14. The third-order valence-corrected chi connectivity index (χ3v) is 6.77. The van der Waals surface area contributed by atoms with E-state index in [1.165, 1.54) is 24.3 Å². The number of nitrogens with zero attached hydrogens (tertiary/aromatic N) is 1. The van der Waals surface area contributed by atoms with Crippen LogP contribution in [0.5, 0.6) is 0 Å². The molecule has 1 aromatic carbocycles. The van der Waals surface area contributed by atoms with Crippen LogP contribution in [0.1, 0.15) is 64.9 Å². The number of carbonyl (C=O) groups excluding carboxylic acids is 3. The zero-order valence-electron chi connectivity index (χ0n) is 18.0. The summed E-state index contributed by atoms with van der Waals surface area (Å²) in [4.78, 5) is 39.7. The molecular weight excluding hydrogens is 385 g/mol. The van der Waals surface area contributed by atoms with Crippen LogP contribution < -0.4 is 10.6 Å². The highest BCUT2D eigenvalue weighted by Gasteiger charge is 2.52. The molecule has 1 saturated heterocycles. The molecular formula is C23H32FN3O3. The van der Waals surface area contributed by atoms with Crippen molar-refractivity contribution in [3.05, 3.63) is 35.6 Å². The molecule has 2 N–H and O–H groups in total. The lowest BCUT2D eigenvalue weighted by Crippen LogP contribution is -2.49. The fraction of sp³-hybridized carbons (Fsp3) is 0.609. The van der Waals surface area contributed by atoms with Crippen molar-refractivity contribution in [2.75, 3.05) is 6.54 Å². The second-order valence-electron chi connectivity index (χ2n) is 8.78. The number of hydrogen-bond acceptors (Lipinski definition) is 3. The largest absolute Gasteiger partial charge is 0.352 e. The number of nitrogens with one attached hydrogen (secondary N) is 2. The van der Waals surface area contributed by atoms with E-state index in [9.17, 15) is 18.8 Å². The van der Waals surface area contributed by atoms with E-state index in [2.05, 4.69) is 24.5 Å². The summed E-state index contributed by atoms with van der Waals surface area (Å²) in [7, 11) is 0. The number of halogens is 1. The van der Waals surface area contributed by atoms with Crippen LogP contribution in [0.2, 0.25) is 0 Å². The van der Waals surface area contributed by atoms with Gasteiger partial charge in [-0.15, -0.1) is 0 Å².